The van der Waals surface area contributed by atoms with Crippen LogP contribution >= 0.6 is 0 Å². The molecule has 2 amide bonds. The zero-order chi connectivity index (χ0) is 32.6. The average molecular weight is 637 g/mol. The van der Waals surface area contributed by atoms with Gasteiger partial charge >= 0.3 is 0 Å². The van der Waals surface area contributed by atoms with Crippen molar-refractivity contribution in [3.8, 4) is 23.1 Å². The smallest absolute Gasteiger partial charge is 0.282 e. The first-order valence-corrected chi connectivity index (χ1v) is 14.9. The normalized spacial score (nSPS) is 18.5. The fourth-order valence-electron chi connectivity index (χ4n) is 5.69. The number of benzene rings is 1. The summed E-state index contributed by atoms with van der Waals surface area (Å²) in [6.45, 7) is 0.0948. The number of nitrogens with zero attached hydrogens (tertiary/aromatic N) is 4. The van der Waals surface area contributed by atoms with E-state index in [1.807, 2.05) is 0 Å². The molecule has 3 fully saturated rings. The zero-order valence-corrected chi connectivity index (χ0v) is 24.9. The SMILES string of the molecule is COc1cc(-c2c(F)cc(C#N)cc2C(=O)N2CC(F)(F)C2)cc(NC(=O)c2cc(CNCC3CCCO3)cn(C3CC3)c2=O)n1. The Morgan fingerprint density at radius 2 is 1.93 bits per heavy atom. The van der Waals surface area contributed by atoms with Crippen LogP contribution in [-0.4, -0.2) is 71.6 Å². The number of carbonyl (C=O) groups is 2. The summed E-state index contributed by atoms with van der Waals surface area (Å²) >= 11 is 0. The van der Waals surface area contributed by atoms with Gasteiger partial charge in [0.2, 0.25) is 5.88 Å². The van der Waals surface area contributed by atoms with E-state index in [9.17, 15) is 28.4 Å². The molecule has 2 N–H and O–H groups in total. The van der Waals surface area contributed by atoms with Gasteiger partial charge in [0.25, 0.3) is 23.3 Å². The van der Waals surface area contributed by atoms with Crippen molar-refractivity contribution in [2.75, 3.05) is 38.7 Å². The molecule has 11 nitrogen and oxygen atoms in total. The van der Waals surface area contributed by atoms with E-state index in [0.717, 1.165) is 54.9 Å². The Kier molecular flexibility index (Phi) is 8.54. The molecule has 0 bridgehead atoms. The molecular formula is C32H31F3N6O5. The zero-order valence-electron chi connectivity index (χ0n) is 24.9. The van der Waals surface area contributed by atoms with Crippen molar-refractivity contribution >= 4 is 17.6 Å². The summed E-state index contributed by atoms with van der Waals surface area (Å²) in [5.41, 5.74) is -0.602. The van der Waals surface area contributed by atoms with Gasteiger partial charge in [-0.1, -0.05) is 0 Å². The van der Waals surface area contributed by atoms with Crippen molar-refractivity contribution in [1.82, 2.24) is 19.8 Å². The van der Waals surface area contributed by atoms with Crippen LogP contribution in [0.25, 0.3) is 11.1 Å². The summed E-state index contributed by atoms with van der Waals surface area (Å²) < 4.78 is 55.1. The lowest BCUT2D eigenvalue weighted by Gasteiger charge is -2.39. The molecule has 240 valence electrons. The molecule has 6 rings (SSSR count). The molecule has 1 aliphatic carbocycles. The van der Waals surface area contributed by atoms with Gasteiger partial charge in [0.1, 0.15) is 17.2 Å². The van der Waals surface area contributed by atoms with E-state index in [1.165, 1.54) is 25.3 Å². The maximum atomic E-state index is 15.5. The van der Waals surface area contributed by atoms with Gasteiger partial charge in [-0.15, -0.1) is 0 Å². The molecule has 0 radical (unpaired) electrons. The van der Waals surface area contributed by atoms with E-state index in [4.69, 9.17) is 9.47 Å². The quantitative estimate of drug-likeness (QED) is 0.342. The number of amides is 2. The van der Waals surface area contributed by atoms with Gasteiger partial charge in [-0.3, -0.25) is 14.4 Å². The van der Waals surface area contributed by atoms with Gasteiger partial charge in [-0.25, -0.2) is 13.2 Å². The van der Waals surface area contributed by atoms with Crippen LogP contribution in [0.3, 0.4) is 0 Å². The summed E-state index contributed by atoms with van der Waals surface area (Å²) in [4.78, 5) is 45.2. The van der Waals surface area contributed by atoms with Crippen LogP contribution in [0.4, 0.5) is 19.0 Å². The molecule has 1 saturated carbocycles. The molecule has 2 saturated heterocycles. The highest BCUT2D eigenvalue weighted by atomic mass is 19.3. The molecule has 3 aromatic rings. The topological polar surface area (TPSA) is 139 Å². The lowest BCUT2D eigenvalue weighted by atomic mass is 9.95. The van der Waals surface area contributed by atoms with Crippen molar-refractivity contribution in [1.29, 1.82) is 5.26 Å². The molecule has 3 aliphatic rings. The molecule has 2 aliphatic heterocycles. The van der Waals surface area contributed by atoms with Crippen molar-refractivity contribution in [2.24, 2.45) is 0 Å². The second kappa shape index (κ2) is 12.6. The maximum Gasteiger partial charge on any atom is 0.282 e. The third kappa shape index (κ3) is 6.61. The number of methoxy groups -OCH3 is 1. The predicted molar refractivity (Wildman–Crippen MR) is 159 cm³/mol. The number of nitrogens with one attached hydrogen (secondary N) is 2. The molecule has 2 aromatic heterocycles. The second-order valence-corrected chi connectivity index (χ2v) is 11.7. The Morgan fingerprint density at radius 3 is 2.59 bits per heavy atom. The van der Waals surface area contributed by atoms with Crippen molar-refractivity contribution in [3.05, 3.63) is 75.0 Å². The van der Waals surface area contributed by atoms with E-state index >= 15 is 4.39 Å². The van der Waals surface area contributed by atoms with Gasteiger partial charge in [0, 0.05) is 43.6 Å². The third-order valence-electron chi connectivity index (χ3n) is 8.13. The number of hydrogen-bond donors (Lipinski definition) is 2. The number of ether oxygens (including phenoxy) is 2. The molecule has 14 heteroatoms. The van der Waals surface area contributed by atoms with E-state index in [2.05, 4.69) is 15.6 Å². The summed E-state index contributed by atoms with van der Waals surface area (Å²) in [6, 6.07) is 7.91. The van der Waals surface area contributed by atoms with Crippen LogP contribution in [0.15, 0.2) is 41.3 Å². The maximum absolute atomic E-state index is 15.5. The molecule has 0 spiro atoms. The van der Waals surface area contributed by atoms with Crippen molar-refractivity contribution < 1.29 is 32.2 Å². The first kappa shape index (κ1) is 31.3. The van der Waals surface area contributed by atoms with E-state index in [0.29, 0.717) is 13.1 Å². The minimum Gasteiger partial charge on any atom is -0.481 e. The van der Waals surface area contributed by atoms with Crippen LogP contribution in [-0.2, 0) is 11.3 Å². The summed E-state index contributed by atoms with van der Waals surface area (Å²) in [7, 11) is 1.29. The Balaban J connectivity index is 1.31. The van der Waals surface area contributed by atoms with E-state index in [1.54, 1.807) is 16.8 Å². The van der Waals surface area contributed by atoms with Crippen LogP contribution in [0, 0.1) is 17.1 Å². The minimum atomic E-state index is -3.06. The van der Waals surface area contributed by atoms with Crippen LogP contribution in [0.1, 0.15) is 63.6 Å². The van der Waals surface area contributed by atoms with Gasteiger partial charge in [0.05, 0.1) is 43.5 Å². The fourth-order valence-corrected chi connectivity index (χ4v) is 5.69. The van der Waals surface area contributed by atoms with E-state index < -0.39 is 42.2 Å². The lowest BCUT2D eigenvalue weighted by molar-refractivity contribution is -0.113. The number of nitriles is 1. The van der Waals surface area contributed by atoms with Crippen molar-refractivity contribution in [2.45, 2.75) is 50.3 Å². The molecular weight excluding hydrogens is 605 g/mol. The summed E-state index contributed by atoms with van der Waals surface area (Å²) in [5, 5.41) is 15.3. The third-order valence-corrected chi connectivity index (χ3v) is 8.13. The van der Waals surface area contributed by atoms with Gasteiger partial charge in [-0.2, -0.15) is 10.2 Å². The predicted octanol–water partition coefficient (Wildman–Crippen LogP) is 3.88. The number of carbonyl (C=O) groups excluding carboxylic acids is 2. The fraction of sp³-hybridized carbons (Fsp3) is 0.406. The number of pyridine rings is 2. The van der Waals surface area contributed by atoms with Crippen LogP contribution in [0.5, 0.6) is 5.88 Å². The Morgan fingerprint density at radius 1 is 1.15 bits per heavy atom. The highest BCUT2D eigenvalue weighted by Crippen LogP contribution is 2.36. The van der Waals surface area contributed by atoms with Gasteiger partial charge in [-0.05, 0) is 61.1 Å². The van der Waals surface area contributed by atoms with Gasteiger partial charge < -0.3 is 29.6 Å². The van der Waals surface area contributed by atoms with Gasteiger partial charge in [0.15, 0.2) is 0 Å². The highest BCUT2D eigenvalue weighted by Gasteiger charge is 2.47. The molecule has 46 heavy (non-hydrogen) atoms. The van der Waals surface area contributed by atoms with E-state index in [-0.39, 0.29) is 51.7 Å². The Bertz CT molecular complexity index is 1790. The largest absolute Gasteiger partial charge is 0.481 e. The van der Waals surface area contributed by atoms with Crippen LogP contribution < -0.4 is 20.9 Å². The minimum absolute atomic E-state index is 0.000356. The number of aromatic nitrogens is 2. The first-order valence-electron chi connectivity index (χ1n) is 14.9. The number of anilines is 1. The molecule has 4 heterocycles. The van der Waals surface area contributed by atoms with Crippen LogP contribution in [0.2, 0.25) is 0 Å². The first-order chi connectivity index (χ1) is 22.0. The Hall–Kier alpha value is -4.74. The lowest BCUT2D eigenvalue weighted by Crippen LogP contribution is -2.58. The highest BCUT2D eigenvalue weighted by molar-refractivity contribution is 6.05. The number of rotatable bonds is 10. The molecule has 1 unspecified atom stereocenters. The molecule has 1 aromatic carbocycles. The number of likely N-dealkylation sites (tertiary alicyclic amines) is 1. The monoisotopic (exact) mass is 636 g/mol. The second-order valence-electron chi connectivity index (χ2n) is 11.7. The number of halogens is 3. The number of hydrogen-bond acceptors (Lipinski definition) is 8. The molecule has 1 atom stereocenters. The standard InChI is InChI=1S/C32H31F3N6O5/c1-45-27-11-20(28-23(7-18(12-36)9-25(28)33)30(43)40-16-32(34,35)17-40)10-26(38-27)39-29(42)24-8-19(13-37-14-22-3-2-6-46-22)15-41(31(24)44)21-4-5-21/h7-11,15,21-22,37H,2-6,13-14,16-17H2,1H3,(H,38,39,42). The summed E-state index contributed by atoms with van der Waals surface area (Å²) in [6.07, 6.45) is 5.49. The summed E-state index contributed by atoms with van der Waals surface area (Å²) in [5.74, 6) is -5.84. The van der Waals surface area contributed by atoms with Crippen molar-refractivity contribution in [3.63, 3.8) is 0 Å². The average Bonchev–Trinajstić information content (AvgIpc) is 3.73. The number of alkyl halides is 2. The Labute approximate surface area is 261 Å².